The lowest BCUT2D eigenvalue weighted by atomic mass is 10.0. The Bertz CT molecular complexity index is 1790. The minimum atomic E-state index is 1.01. The number of imidazole rings is 1. The van der Waals surface area contributed by atoms with Gasteiger partial charge in [-0.25, -0.2) is 4.98 Å². The summed E-state index contributed by atoms with van der Waals surface area (Å²) in [4.78, 5) is 5.10. The molecule has 0 aliphatic heterocycles. The van der Waals surface area contributed by atoms with Crippen LogP contribution in [0.15, 0.2) is 109 Å². The Morgan fingerprint density at radius 2 is 1.16 bits per heavy atom. The van der Waals surface area contributed by atoms with Gasteiger partial charge in [0.25, 0.3) is 0 Å². The van der Waals surface area contributed by atoms with Crippen LogP contribution in [0.5, 0.6) is 0 Å². The van der Waals surface area contributed by atoms with Crippen LogP contribution in [0.2, 0.25) is 0 Å². The Labute approximate surface area is 179 Å². The fraction of sp³-hybridized carbons (Fsp3) is 0. The predicted molar refractivity (Wildman–Crippen MR) is 131 cm³/mol. The average molecular weight is 394 g/mol. The van der Waals surface area contributed by atoms with Crippen LogP contribution in [0.1, 0.15) is 0 Å². The highest BCUT2D eigenvalue weighted by molar-refractivity contribution is 6.13. The third-order valence-corrected chi connectivity index (χ3v) is 6.34. The third kappa shape index (κ3) is 2.36. The van der Waals surface area contributed by atoms with Gasteiger partial charge in [0.2, 0.25) is 0 Å². The van der Waals surface area contributed by atoms with E-state index in [0.717, 1.165) is 16.7 Å². The summed E-state index contributed by atoms with van der Waals surface area (Å²) in [5, 5.41) is 6.20. The zero-order valence-corrected chi connectivity index (χ0v) is 16.8. The zero-order chi connectivity index (χ0) is 20.4. The molecule has 0 N–H and O–H groups in total. The molecule has 0 bridgehead atoms. The van der Waals surface area contributed by atoms with Gasteiger partial charge in [-0.3, -0.25) is 4.40 Å². The highest BCUT2D eigenvalue weighted by atomic mass is 15.0. The number of pyridine rings is 1. The average Bonchev–Trinajstić information content (AvgIpc) is 3.23. The number of benzene rings is 5. The van der Waals surface area contributed by atoms with Crippen molar-refractivity contribution in [2.24, 2.45) is 0 Å². The minimum absolute atomic E-state index is 1.01. The van der Waals surface area contributed by atoms with Gasteiger partial charge >= 0.3 is 0 Å². The summed E-state index contributed by atoms with van der Waals surface area (Å²) in [5.74, 6) is 0. The standard InChI is InChI=1S/C29H18N2/c1-2-8-20-17-21(14-13-19(20)7-1)22-15-16-28-26(18-22)30-29-25-11-4-3-9-23(25)24-10-5-6-12-27(24)31(28)29/h1-18H. The van der Waals surface area contributed by atoms with E-state index in [-0.39, 0.29) is 0 Å². The lowest BCUT2D eigenvalue weighted by molar-refractivity contribution is 1.31. The highest BCUT2D eigenvalue weighted by Crippen LogP contribution is 2.34. The van der Waals surface area contributed by atoms with E-state index in [0.29, 0.717) is 0 Å². The topological polar surface area (TPSA) is 17.3 Å². The SMILES string of the molecule is c1ccc2cc(-c3ccc4c(c3)nc3c5ccccc5c5ccccc5n43)ccc2c1. The quantitative estimate of drug-likeness (QED) is 0.262. The summed E-state index contributed by atoms with van der Waals surface area (Å²) in [5.41, 5.74) is 6.77. The largest absolute Gasteiger partial charge is 0.292 e. The maximum atomic E-state index is 5.10. The minimum Gasteiger partial charge on any atom is -0.292 e. The number of aromatic nitrogens is 2. The lowest BCUT2D eigenvalue weighted by Gasteiger charge is -2.08. The van der Waals surface area contributed by atoms with E-state index in [4.69, 9.17) is 4.98 Å². The van der Waals surface area contributed by atoms with Gasteiger partial charge in [0, 0.05) is 10.8 Å². The van der Waals surface area contributed by atoms with Crippen molar-refractivity contribution in [3.63, 3.8) is 0 Å². The molecule has 2 heterocycles. The summed E-state index contributed by atoms with van der Waals surface area (Å²) in [6.45, 7) is 0. The molecular formula is C29H18N2. The Morgan fingerprint density at radius 1 is 0.484 bits per heavy atom. The normalized spacial score (nSPS) is 11.9. The molecule has 0 saturated heterocycles. The Morgan fingerprint density at radius 3 is 2.06 bits per heavy atom. The van der Waals surface area contributed by atoms with Crippen molar-refractivity contribution in [2.75, 3.05) is 0 Å². The molecule has 0 aliphatic carbocycles. The van der Waals surface area contributed by atoms with Crippen LogP contribution >= 0.6 is 0 Å². The molecule has 2 aromatic heterocycles. The summed E-state index contributed by atoms with van der Waals surface area (Å²) in [6, 6.07) is 39.0. The smallest absolute Gasteiger partial charge is 0.146 e. The molecule has 7 aromatic rings. The van der Waals surface area contributed by atoms with Crippen molar-refractivity contribution in [1.29, 1.82) is 0 Å². The molecule has 0 aliphatic rings. The highest BCUT2D eigenvalue weighted by Gasteiger charge is 2.13. The molecule has 2 nitrogen and oxygen atoms in total. The van der Waals surface area contributed by atoms with Crippen molar-refractivity contribution in [3.8, 4) is 11.1 Å². The van der Waals surface area contributed by atoms with E-state index in [1.54, 1.807) is 0 Å². The van der Waals surface area contributed by atoms with Crippen molar-refractivity contribution in [3.05, 3.63) is 109 Å². The Hall–Kier alpha value is -4.17. The molecule has 7 rings (SSSR count). The first kappa shape index (κ1) is 16.6. The molecule has 2 heteroatoms. The molecule has 0 amide bonds. The number of nitrogens with zero attached hydrogens (tertiary/aromatic N) is 2. The summed E-state index contributed by atoms with van der Waals surface area (Å²) in [7, 11) is 0. The molecule has 0 atom stereocenters. The molecule has 5 aromatic carbocycles. The van der Waals surface area contributed by atoms with E-state index < -0.39 is 0 Å². The van der Waals surface area contributed by atoms with Crippen molar-refractivity contribution in [1.82, 2.24) is 9.38 Å². The van der Waals surface area contributed by atoms with Crippen LogP contribution in [-0.2, 0) is 0 Å². The van der Waals surface area contributed by atoms with Crippen LogP contribution in [0.25, 0.3) is 60.3 Å². The molecule has 0 radical (unpaired) electrons. The molecule has 144 valence electrons. The van der Waals surface area contributed by atoms with Crippen LogP contribution in [0.4, 0.5) is 0 Å². The summed E-state index contributed by atoms with van der Waals surface area (Å²) >= 11 is 0. The summed E-state index contributed by atoms with van der Waals surface area (Å²) < 4.78 is 2.30. The second-order valence-corrected chi connectivity index (χ2v) is 8.10. The van der Waals surface area contributed by atoms with Gasteiger partial charge in [-0.1, -0.05) is 84.9 Å². The number of rotatable bonds is 1. The second-order valence-electron chi connectivity index (χ2n) is 8.10. The van der Waals surface area contributed by atoms with Crippen LogP contribution in [0.3, 0.4) is 0 Å². The maximum Gasteiger partial charge on any atom is 0.146 e. The number of para-hydroxylation sites is 1. The van der Waals surface area contributed by atoms with Crippen LogP contribution in [-0.4, -0.2) is 9.38 Å². The summed E-state index contributed by atoms with van der Waals surface area (Å²) in [6.07, 6.45) is 0. The molecule has 0 saturated carbocycles. The monoisotopic (exact) mass is 394 g/mol. The number of hydrogen-bond donors (Lipinski definition) is 0. The third-order valence-electron chi connectivity index (χ3n) is 6.34. The fourth-order valence-electron chi connectivity index (χ4n) is 4.86. The fourth-order valence-corrected chi connectivity index (χ4v) is 4.86. The van der Waals surface area contributed by atoms with E-state index in [1.807, 2.05) is 0 Å². The molecule has 31 heavy (non-hydrogen) atoms. The van der Waals surface area contributed by atoms with Crippen molar-refractivity contribution in [2.45, 2.75) is 0 Å². The van der Waals surface area contributed by atoms with Gasteiger partial charge in [-0.15, -0.1) is 0 Å². The van der Waals surface area contributed by atoms with E-state index in [1.165, 1.54) is 43.6 Å². The second kappa shape index (κ2) is 6.16. The van der Waals surface area contributed by atoms with Gasteiger partial charge < -0.3 is 0 Å². The van der Waals surface area contributed by atoms with E-state index in [9.17, 15) is 0 Å². The molecule has 0 fully saturated rings. The van der Waals surface area contributed by atoms with Gasteiger partial charge in [-0.05, 0) is 51.6 Å². The molecular weight excluding hydrogens is 376 g/mol. The van der Waals surface area contributed by atoms with Crippen molar-refractivity contribution < 1.29 is 0 Å². The predicted octanol–water partition coefficient (Wildman–Crippen LogP) is 7.61. The number of fused-ring (bicyclic) bond motifs is 9. The first-order valence-corrected chi connectivity index (χ1v) is 10.6. The van der Waals surface area contributed by atoms with Crippen LogP contribution in [0, 0.1) is 0 Å². The number of hydrogen-bond acceptors (Lipinski definition) is 1. The van der Waals surface area contributed by atoms with Crippen LogP contribution < -0.4 is 0 Å². The maximum absolute atomic E-state index is 5.10. The van der Waals surface area contributed by atoms with Gasteiger partial charge in [-0.2, -0.15) is 0 Å². The van der Waals surface area contributed by atoms with E-state index >= 15 is 0 Å². The van der Waals surface area contributed by atoms with Gasteiger partial charge in [0.1, 0.15) is 5.65 Å². The van der Waals surface area contributed by atoms with Crippen molar-refractivity contribution >= 4 is 49.1 Å². The van der Waals surface area contributed by atoms with E-state index in [2.05, 4.69) is 114 Å². The Balaban J connectivity index is 1.56. The first-order chi connectivity index (χ1) is 15.4. The van der Waals surface area contributed by atoms with Gasteiger partial charge in [0.05, 0.1) is 16.6 Å². The molecule has 0 spiro atoms. The molecule has 0 unspecified atom stereocenters. The lowest BCUT2D eigenvalue weighted by Crippen LogP contribution is -1.90. The van der Waals surface area contributed by atoms with Gasteiger partial charge in [0.15, 0.2) is 0 Å². The Kier molecular flexibility index (Phi) is 3.30. The first-order valence-electron chi connectivity index (χ1n) is 10.6. The zero-order valence-electron chi connectivity index (χ0n) is 16.8.